The number of carbonyl (C=O) groups is 1. The van der Waals surface area contributed by atoms with E-state index >= 15 is 0 Å². The maximum absolute atomic E-state index is 14.0. The first-order chi connectivity index (χ1) is 24.0. The Morgan fingerprint density at radius 1 is 1.06 bits per heavy atom. The molecular formula is C37H41F3N8O2. The number of amides is 1. The Hall–Kier alpha value is -4.39. The summed E-state index contributed by atoms with van der Waals surface area (Å²) in [6, 6.07) is 6.06. The average molecular weight is 687 g/mol. The molecule has 1 saturated carbocycles. The topological polar surface area (TPSA) is 103 Å². The monoisotopic (exact) mass is 686 g/mol. The van der Waals surface area contributed by atoms with E-state index in [1.165, 1.54) is 6.08 Å². The minimum atomic E-state index is -4.54. The van der Waals surface area contributed by atoms with Gasteiger partial charge in [-0.05, 0) is 92.8 Å². The summed E-state index contributed by atoms with van der Waals surface area (Å²) in [7, 11) is 0. The van der Waals surface area contributed by atoms with Crippen molar-refractivity contribution in [3.05, 3.63) is 48.2 Å². The highest BCUT2D eigenvalue weighted by atomic mass is 19.4. The van der Waals surface area contributed by atoms with E-state index in [0.717, 1.165) is 110 Å². The van der Waals surface area contributed by atoms with Crippen molar-refractivity contribution in [2.24, 2.45) is 5.41 Å². The number of aromatic amines is 1. The summed E-state index contributed by atoms with van der Waals surface area (Å²) in [5, 5.41) is 12.5. The Bertz CT molecular complexity index is 2010. The van der Waals surface area contributed by atoms with Crippen LogP contribution in [0.4, 0.5) is 24.9 Å². The molecule has 6 heterocycles. The van der Waals surface area contributed by atoms with E-state index in [0.29, 0.717) is 30.1 Å². The number of halogens is 3. The maximum atomic E-state index is 14.0. The smallest absolute Gasteiger partial charge is 0.422 e. The van der Waals surface area contributed by atoms with Crippen molar-refractivity contribution in [1.82, 2.24) is 30.4 Å². The van der Waals surface area contributed by atoms with Gasteiger partial charge in [-0.3, -0.25) is 9.89 Å². The van der Waals surface area contributed by atoms with E-state index in [1.54, 1.807) is 6.20 Å². The third-order valence-electron chi connectivity index (χ3n) is 11.7. The third kappa shape index (κ3) is 5.27. The lowest BCUT2D eigenvalue weighted by molar-refractivity contribution is -0.153. The first kappa shape index (κ1) is 31.6. The Balaban J connectivity index is 1.21. The molecule has 10 nitrogen and oxygen atoms in total. The number of likely N-dealkylation sites (tertiary alicyclic amines) is 1. The highest BCUT2D eigenvalue weighted by molar-refractivity contribution is 6.06. The Kier molecular flexibility index (Phi) is 7.14. The molecule has 9 rings (SSSR count). The standard InChI is InChI=1S/C37H41F3N8O2/c1-3-28(49)47-17-35(18-47)10-13-46(14-11-35)33-25-15-24(23-6-7-23)30(29-22(2)5-8-27-26(29)16-42-45-27)32(50-21-37(38,39)40)31(25)43-34(44-33)48-19-36(20-48)9-4-12-41-36/h3,5,8,15-16,23,41H,1,4,6-7,9-14,17-21H2,2H3,(H,42,45). The maximum Gasteiger partial charge on any atom is 0.422 e. The number of hydrogen-bond acceptors (Lipinski definition) is 8. The molecule has 2 aromatic carbocycles. The molecule has 2 aromatic heterocycles. The van der Waals surface area contributed by atoms with Gasteiger partial charge in [0.25, 0.3) is 0 Å². The Morgan fingerprint density at radius 2 is 1.84 bits per heavy atom. The molecule has 4 aliphatic heterocycles. The number of rotatable bonds is 7. The van der Waals surface area contributed by atoms with E-state index in [1.807, 2.05) is 24.0 Å². The van der Waals surface area contributed by atoms with Gasteiger partial charge in [-0.25, -0.2) is 4.98 Å². The van der Waals surface area contributed by atoms with Crippen molar-refractivity contribution in [2.75, 3.05) is 62.2 Å². The number of hydrogen-bond donors (Lipinski definition) is 2. The number of nitrogens with zero attached hydrogens (tertiary/aromatic N) is 6. The van der Waals surface area contributed by atoms with Crippen molar-refractivity contribution in [1.29, 1.82) is 0 Å². The number of H-pyrrole nitrogens is 1. The molecule has 4 aromatic rings. The molecule has 1 amide bonds. The lowest BCUT2D eigenvalue weighted by atomic mass is 9.72. The normalized spacial score (nSPS) is 21.2. The minimum absolute atomic E-state index is 0.0274. The van der Waals surface area contributed by atoms with Crippen LogP contribution in [-0.4, -0.2) is 95.1 Å². The van der Waals surface area contributed by atoms with E-state index in [4.69, 9.17) is 14.7 Å². The molecule has 0 atom stereocenters. The van der Waals surface area contributed by atoms with Crippen LogP contribution in [0.25, 0.3) is 32.9 Å². The van der Waals surface area contributed by atoms with Gasteiger partial charge >= 0.3 is 6.18 Å². The minimum Gasteiger partial charge on any atom is -0.481 e. The second-order valence-corrected chi connectivity index (χ2v) is 15.2. The van der Waals surface area contributed by atoms with Crippen molar-refractivity contribution in [3.8, 4) is 16.9 Å². The van der Waals surface area contributed by atoms with Crippen LogP contribution < -0.4 is 19.9 Å². The van der Waals surface area contributed by atoms with E-state index in [-0.39, 0.29) is 28.5 Å². The van der Waals surface area contributed by atoms with Gasteiger partial charge in [0.2, 0.25) is 11.9 Å². The largest absolute Gasteiger partial charge is 0.481 e. The average Bonchev–Trinajstić information content (AvgIpc) is 3.58. The molecule has 2 N–H and O–H groups in total. The molecule has 0 bridgehead atoms. The number of anilines is 2. The number of fused-ring (bicyclic) bond motifs is 2. The van der Waals surface area contributed by atoms with Crippen LogP contribution in [-0.2, 0) is 4.79 Å². The van der Waals surface area contributed by atoms with Gasteiger partial charge in [0.05, 0.1) is 17.3 Å². The first-order valence-electron chi connectivity index (χ1n) is 17.7. The first-order valence-corrected chi connectivity index (χ1v) is 17.7. The van der Waals surface area contributed by atoms with Gasteiger partial charge in [-0.2, -0.15) is 23.3 Å². The van der Waals surface area contributed by atoms with Crippen molar-refractivity contribution in [3.63, 3.8) is 0 Å². The molecule has 0 unspecified atom stereocenters. The highest BCUT2D eigenvalue weighted by Gasteiger charge is 2.48. The summed E-state index contributed by atoms with van der Waals surface area (Å²) < 4.78 is 48.0. The second kappa shape index (κ2) is 11.3. The molecule has 50 heavy (non-hydrogen) atoms. The van der Waals surface area contributed by atoms with E-state index in [9.17, 15) is 18.0 Å². The fourth-order valence-corrected chi connectivity index (χ4v) is 8.86. The molecule has 1 aliphatic carbocycles. The fraction of sp³-hybridized carbons (Fsp3) is 0.514. The number of alkyl halides is 3. The van der Waals surface area contributed by atoms with Gasteiger partial charge < -0.3 is 24.8 Å². The summed E-state index contributed by atoms with van der Waals surface area (Å²) in [4.78, 5) is 28.8. The lowest BCUT2D eigenvalue weighted by Gasteiger charge is -2.54. The number of aromatic nitrogens is 4. The molecular weight excluding hydrogens is 645 g/mol. The van der Waals surface area contributed by atoms with E-state index < -0.39 is 12.8 Å². The van der Waals surface area contributed by atoms with Gasteiger partial charge in [0.15, 0.2) is 12.4 Å². The summed E-state index contributed by atoms with van der Waals surface area (Å²) in [5.41, 5.74) is 4.68. The van der Waals surface area contributed by atoms with Crippen molar-refractivity contribution >= 4 is 39.5 Å². The number of benzene rings is 2. The van der Waals surface area contributed by atoms with Crippen LogP contribution in [0.15, 0.2) is 37.1 Å². The number of nitrogens with one attached hydrogen (secondary N) is 2. The lowest BCUT2D eigenvalue weighted by Crippen LogP contribution is -2.67. The van der Waals surface area contributed by atoms with Crippen LogP contribution in [0.2, 0.25) is 0 Å². The molecule has 4 saturated heterocycles. The summed E-state index contributed by atoms with van der Waals surface area (Å²) >= 11 is 0. The second-order valence-electron chi connectivity index (χ2n) is 15.2. The predicted molar refractivity (Wildman–Crippen MR) is 186 cm³/mol. The Labute approximate surface area is 288 Å². The van der Waals surface area contributed by atoms with E-state index in [2.05, 4.69) is 38.0 Å². The summed E-state index contributed by atoms with van der Waals surface area (Å²) in [5.74, 6) is 1.56. The molecule has 5 fully saturated rings. The van der Waals surface area contributed by atoms with Gasteiger partial charge in [-0.1, -0.05) is 12.6 Å². The predicted octanol–water partition coefficient (Wildman–Crippen LogP) is 5.86. The summed E-state index contributed by atoms with van der Waals surface area (Å²) in [6.07, 6.45) is 4.42. The quantitative estimate of drug-likeness (QED) is 0.234. The van der Waals surface area contributed by atoms with Gasteiger partial charge in [0.1, 0.15) is 11.3 Å². The van der Waals surface area contributed by atoms with Crippen molar-refractivity contribution in [2.45, 2.75) is 63.1 Å². The fourth-order valence-electron chi connectivity index (χ4n) is 8.86. The number of piperidine rings is 1. The molecule has 0 radical (unpaired) electrons. The number of carbonyl (C=O) groups excluding carboxylic acids is 1. The van der Waals surface area contributed by atoms with Crippen LogP contribution >= 0.6 is 0 Å². The molecule has 2 spiro atoms. The molecule has 13 heteroatoms. The van der Waals surface area contributed by atoms with Crippen LogP contribution in [0.3, 0.4) is 0 Å². The third-order valence-corrected chi connectivity index (χ3v) is 11.7. The van der Waals surface area contributed by atoms with Crippen LogP contribution in [0.1, 0.15) is 55.6 Å². The molecule has 262 valence electrons. The zero-order chi connectivity index (χ0) is 34.4. The van der Waals surface area contributed by atoms with Gasteiger partial charge in [0, 0.05) is 61.0 Å². The van der Waals surface area contributed by atoms with Crippen molar-refractivity contribution < 1.29 is 22.7 Å². The zero-order valence-corrected chi connectivity index (χ0v) is 28.2. The number of aryl methyl sites for hydroxylation is 1. The molecule has 5 aliphatic rings. The number of ether oxygens (including phenoxy) is 1. The van der Waals surface area contributed by atoms with Gasteiger partial charge in [-0.15, -0.1) is 0 Å². The SMILES string of the molecule is C=CC(=O)N1CC2(CCN(c3nc(N4CC5(CCCN5)C4)nc4c(OCC(F)(F)F)c(-c5c(C)ccc6[nH]ncc56)c(C5CC5)cc34)CC2)C1. The zero-order valence-electron chi connectivity index (χ0n) is 28.2. The van der Waals surface area contributed by atoms with Crippen LogP contribution in [0.5, 0.6) is 5.75 Å². The summed E-state index contributed by atoms with van der Waals surface area (Å²) in [6.45, 7) is 9.53. The Morgan fingerprint density at radius 3 is 2.52 bits per heavy atom. The highest BCUT2D eigenvalue weighted by Crippen LogP contribution is 2.53. The van der Waals surface area contributed by atoms with Crippen LogP contribution in [0, 0.1) is 12.3 Å².